The van der Waals surface area contributed by atoms with Gasteiger partial charge in [0.1, 0.15) is 17.6 Å². The van der Waals surface area contributed by atoms with Gasteiger partial charge in [-0.3, -0.25) is 0 Å². The zero-order valence-corrected chi connectivity index (χ0v) is 12.6. The second-order valence-corrected chi connectivity index (χ2v) is 5.61. The van der Waals surface area contributed by atoms with E-state index in [1.54, 1.807) is 48.5 Å². The number of aliphatic hydroxyl groups excluding tert-OH is 1. The molecule has 3 aromatic carbocycles. The Balaban J connectivity index is 1.95. The third-order valence-corrected chi connectivity index (χ3v) is 4.22. The van der Waals surface area contributed by atoms with Crippen LogP contribution in [0.4, 0.5) is 0 Å². The van der Waals surface area contributed by atoms with E-state index in [2.05, 4.69) is 0 Å². The molecule has 24 heavy (non-hydrogen) atoms. The fourth-order valence-electron chi connectivity index (χ4n) is 3.13. The average Bonchev–Trinajstić information content (AvgIpc) is 2.61. The molecule has 1 atom stereocenters. The minimum absolute atomic E-state index is 0.192. The number of aromatic carboxylic acids is 1. The summed E-state index contributed by atoms with van der Waals surface area (Å²) in [7, 11) is 0. The van der Waals surface area contributed by atoms with E-state index in [1.807, 2.05) is 18.2 Å². The van der Waals surface area contributed by atoms with Crippen LogP contribution < -0.4 is 4.74 Å². The van der Waals surface area contributed by atoms with Crippen LogP contribution in [0.5, 0.6) is 11.5 Å². The fraction of sp³-hybridized carbons (Fsp3) is 0.0500. The fourth-order valence-corrected chi connectivity index (χ4v) is 3.13. The Bertz CT molecular complexity index is 946. The SMILES string of the molecule is O=C(O)c1ccccc1-c1cccc2c1C(O)c1ccccc1O2. The molecule has 0 radical (unpaired) electrons. The maximum atomic E-state index is 11.5. The maximum Gasteiger partial charge on any atom is 0.336 e. The molecule has 0 amide bonds. The topological polar surface area (TPSA) is 66.8 Å². The summed E-state index contributed by atoms with van der Waals surface area (Å²) in [5, 5.41) is 20.3. The molecule has 118 valence electrons. The Labute approximate surface area is 138 Å². The Morgan fingerprint density at radius 1 is 0.833 bits per heavy atom. The van der Waals surface area contributed by atoms with E-state index < -0.39 is 12.1 Å². The summed E-state index contributed by atoms with van der Waals surface area (Å²) in [6, 6.07) is 19.4. The highest BCUT2D eigenvalue weighted by Gasteiger charge is 2.29. The number of carbonyl (C=O) groups is 1. The third-order valence-electron chi connectivity index (χ3n) is 4.22. The quantitative estimate of drug-likeness (QED) is 0.741. The van der Waals surface area contributed by atoms with Crippen molar-refractivity contribution in [3.05, 3.63) is 83.4 Å². The number of ether oxygens (including phenoxy) is 1. The highest BCUT2D eigenvalue weighted by molar-refractivity contribution is 5.97. The van der Waals surface area contributed by atoms with Crippen LogP contribution in [0.3, 0.4) is 0 Å². The number of hydrogen-bond donors (Lipinski definition) is 2. The first-order valence-corrected chi connectivity index (χ1v) is 7.57. The predicted molar refractivity (Wildman–Crippen MR) is 89.4 cm³/mol. The number of aliphatic hydroxyl groups is 1. The van der Waals surface area contributed by atoms with E-state index in [9.17, 15) is 15.0 Å². The van der Waals surface area contributed by atoms with E-state index in [1.165, 1.54) is 0 Å². The minimum Gasteiger partial charge on any atom is -0.478 e. The van der Waals surface area contributed by atoms with Crippen molar-refractivity contribution in [2.24, 2.45) is 0 Å². The number of benzene rings is 3. The summed E-state index contributed by atoms with van der Waals surface area (Å²) in [5.41, 5.74) is 2.67. The van der Waals surface area contributed by atoms with Crippen LogP contribution in [-0.2, 0) is 0 Å². The molecule has 3 aromatic rings. The van der Waals surface area contributed by atoms with Gasteiger partial charge in [0.05, 0.1) is 5.56 Å². The van der Waals surface area contributed by atoms with E-state index in [0.717, 1.165) is 0 Å². The normalized spacial score (nSPS) is 15.1. The summed E-state index contributed by atoms with van der Waals surface area (Å²) in [6.07, 6.45) is -0.872. The van der Waals surface area contributed by atoms with Crippen LogP contribution in [0.2, 0.25) is 0 Å². The molecule has 4 nitrogen and oxygen atoms in total. The summed E-state index contributed by atoms with van der Waals surface area (Å²) in [5.74, 6) is 0.148. The Morgan fingerprint density at radius 3 is 2.33 bits per heavy atom. The molecule has 2 N–H and O–H groups in total. The molecule has 0 saturated heterocycles. The van der Waals surface area contributed by atoms with Gasteiger partial charge in [-0.05, 0) is 29.3 Å². The van der Waals surface area contributed by atoms with Crippen LogP contribution in [0, 0.1) is 0 Å². The lowest BCUT2D eigenvalue weighted by Gasteiger charge is -2.27. The minimum atomic E-state index is -1.00. The first-order chi connectivity index (χ1) is 11.7. The van der Waals surface area contributed by atoms with Gasteiger partial charge < -0.3 is 14.9 Å². The van der Waals surface area contributed by atoms with Crippen molar-refractivity contribution in [3.63, 3.8) is 0 Å². The maximum absolute atomic E-state index is 11.5. The van der Waals surface area contributed by atoms with Crippen LogP contribution >= 0.6 is 0 Å². The highest BCUT2D eigenvalue weighted by Crippen LogP contribution is 2.47. The van der Waals surface area contributed by atoms with Crippen molar-refractivity contribution >= 4 is 5.97 Å². The van der Waals surface area contributed by atoms with Crippen LogP contribution in [-0.4, -0.2) is 16.2 Å². The third kappa shape index (κ3) is 2.16. The van der Waals surface area contributed by atoms with Crippen molar-refractivity contribution in [2.75, 3.05) is 0 Å². The predicted octanol–water partition coefficient (Wildman–Crippen LogP) is 4.24. The number of carboxylic acid groups (broad SMARTS) is 1. The summed E-state index contributed by atoms with van der Waals surface area (Å²) >= 11 is 0. The lowest BCUT2D eigenvalue weighted by Crippen LogP contribution is -2.11. The van der Waals surface area contributed by atoms with Gasteiger partial charge in [0.25, 0.3) is 0 Å². The molecule has 0 aliphatic carbocycles. The number of hydrogen-bond acceptors (Lipinski definition) is 3. The van der Waals surface area contributed by atoms with Gasteiger partial charge in [0.15, 0.2) is 0 Å². The number of rotatable bonds is 2. The van der Waals surface area contributed by atoms with E-state index in [-0.39, 0.29) is 5.56 Å². The van der Waals surface area contributed by atoms with E-state index in [4.69, 9.17) is 4.74 Å². The Kier molecular flexibility index (Phi) is 3.32. The van der Waals surface area contributed by atoms with E-state index >= 15 is 0 Å². The molecular formula is C20H14O4. The van der Waals surface area contributed by atoms with Crippen LogP contribution in [0.25, 0.3) is 11.1 Å². The molecule has 1 aliphatic rings. The van der Waals surface area contributed by atoms with Gasteiger partial charge in [-0.25, -0.2) is 4.79 Å². The Morgan fingerprint density at radius 2 is 1.50 bits per heavy atom. The molecule has 0 bridgehead atoms. The van der Waals surface area contributed by atoms with Gasteiger partial charge in [0.2, 0.25) is 0 Å². The monoisotopic (exact) mass is 318 g/mol. The summed E-state index contributed by atoms with van der Waals surface area (Å²) < 4.78 is 5.90. The molecule has 0 aromatic heterocycles. The average molecular weight is 318 g/mol. The first kappa shape index (κ1) is 14.5. The molecule has 1 heterocycles. The zero-order valence-electron chi connectivity index (χ0n) is 12.6. The van der Waals surface area contributed by atoms with Crippen LogP contribution in [0.15, 0.2) is 66.7 Å². The van der Waals surface area contributed by atoms with Gasteiger partial charge in [0, 0.05) is 11.1 Å². The second-order valence-electron chi connectivity index (χ2n) is 5.61. The summed E-state index contributed by atoms with van der Waals surface area (Å²) in [6.45, 7) is 0. The molecule has 1 aliphatic heterocycles. The molecule has 0 saturated carbocycles. The van der Waals surface area contributed by atoms with Gasteiger partial charge in [-0.1, -0.05) is 48.5 Å². The molecule has 0 spiro atoms. The lowest BCUT2D eigenvalue weighted by molar-refractivity contribution is 0.0697. The lowest BCUT2D eigenvalue weighted by atomic mass is 9.88. The standard InChI is InChI=1S/C20H14O4/c21-19-15-8-3-4-10-16(15)24-17-11-5-9-13(18(17)19)12-6-1-2-7-14(12)20(22)23/h1-11,19,21H,(H,22,23). The smallest absolute Gasteiger partial charge is 0.336 e. The molecular weight excluding hydrogens is 304 g/mol. The highest BCUT2D eigenvalue weighted by atomic mass is 16.5. The van der Waals surface area contributed by atoms with Gasteiger partial charge >= 0.3 is 5.97 Å². The molecule has 0 fully saturated rings. The van der Waals surface area contributed by atoms with Gasteiger partial charge in [-0.2, -0.15) is 0 Å². The zero-order chi connectivity index (χ0) is 16.7. The van der Waals surface area contributed by atoms with Crippen molar-refractivity contribution in [1.29, 1.82) is 0 Å². The summed E-state index contributed by atoms with van der Waals surface area (Å²) in [4.78, 5) is 11.5. The van der Waals surface area contributed by atoms with E-state index in [0.29, 0.717) is 33.8 Å². The molecule has 4 heteroatoms. The number of carboxylic acids is 1. The van der Waals surface area contributed by atoms with Crippen molar-refractivity contribution in [3.8, 4) is 22.6 Å². The van der Waals surface area contributed by atoms with Crippen molar-refractivity contribution < 1.29 is 19.7 Å². The Hall–Kier alpha value is -3.11. The van der Waals surface area contributed by atoms with Crippen molar-refractivity contribution in [1.82, 2.24) is 0 Å². The van der Waals surface area contributed by atoms with Crippen molar-refractivity contribution in [2.45, 2.75) is 6.10 Å². The number of fused-ring (bicyclic) bond motifs is 2. The molecule has 1 unspecified atom stereocenters. The van der Waals surface area contributed by atoms with Gasteiger partial charge in [-0.15, -0.1) is 0 Å². The van der Waals surface area contributed by atoms with Crippen LogP contribution in [0.1, 0.15) is 27.6 Å². The number of para-hydroxylation sites is 1. The second kappa shape index (κ2) is 5.51. The largest absolute Gasteiger partial charge is 0.478 e. The molecule has 4 rings (SSSR count). The first-order valence-electron chi connectivity index (χ1n) is 7.57.